The Balaban J connectivity index is 2.14. The quantitative estimate of drug-likeness (QED) is 0.372. The second-order valence-electron chi connectivity index (χ2n) is 11.1. The summed E-state index contributed by atoms with van der Waals surface area (Å²) < 4.78 is 10.5. The van der Waals surface area contributed by atoms with Crippen LogP contribution >= 0.6 is 0 Å². The Morgan fingerprint density at radius 3 is 1.98 bits per heavy atom. The zero-order valence-electron chi connectivity index (χ0n) is 23.6. The van der Waals surface area contributed by atoms with Crippen LogP contribution in [-0.4, -0.2) is 57.4 Å². The van der Waals surface area contributed by atoms with E-state index in [9.17, 15) is 24.3 Å². The molecule has 0 aliphatic carbocycles. The maximum Gasteiger partial charge on any atom is 0.438 e. The molecule has 0 bridgehead atoms. The molecule has 2 aromatic carbocycles. The standard InChI is InChI=1S/C28H38N5O7/c1-27(2,3)39-25(37)31-19-14-12-17(13-15-19)16-20(29)24(36)33(26(38)40-28(4,5)6)32-23(35)21(30)22(34)18-10-8-7-9-11-18/h7-15,20-22,34H,16,29-30H2,1-6H3,(H,31,37)/t20-,21-,22?/m0/s1. The number of ether oxygens (including phenoxy) is 2. The van der Waals surface area contributed by atoms with Gasteiger partial charge in [0.05, 0.1) is 6.04 Å². The SMILES string of the molecule is CC(C)(C)OC(=O)Nc1ccc(C[C@H](N)C(=O)N([N]C(=O)[C@@H](N)C(O)c2ccccc2)C(=O)OC(C)(C)C)cc1. The summed E-state index contributed by atoms with van der Waals surface area (Å²) in [6.45, 7) is 9.96. The van der Waals surface area contributed by atoms with E-state index in [4.69, 9.17) is 20.9 Å². The van der Waals surface area contributed by atoms with Gasteiger partial charge in [-0.15, -0.1) is 10.4 Å². The van der Waals surface area contributed by atoms with E-state index < -0.39 is 53.4 Å². The molecule has 0 aromatic heterocycles. The fourth-order valence-corrected chi connectivity index (χ4v) is 3.29. The van der Waals surface area contributed by atoms with E-state index in [-0.39, 0.29) is 11.4 Å². The first-order chi connectivity index (χ1) is 18.5. The van der Waals surface area contributed by atoms with Crippen LogP contribution in [0.15, 0.2) is 54.6 Å². The van der Waals surface area contributed by atoms with Crippen LogP contribution in [-0.2, 0) is 25.5 Å². The number of carbonyl (C=O) groups excluding carboxylic acids is 4. The second kappa shape index (κ2) is 13.4. The van der Waals surface area contributed by atoms with Gasteiger partial charge in [0, 0.05) is 5.69 Å². The average molecular weight is 557 g/mol. The zero-order valence-corrected chi connectivity index (χ0v) is 23.6. The van der Waals surface area contributed by atoms with Gasteiger partial charge >= 0.3 is 12.2 Å². The molecule has 2 rings (SSSR count). The van der Waals surface area contributed by atoms with Crippen LogP contribution in [0.3, 0.4) is 0 Å². The molecule has 217 valence electrons. The van der Waals surface area contributed by atoms with Crippen LogP contribution in [0.25, 0.3) is 0 Å². The highest BCUT2D eigenvalue weighted by Crippen LogP contribution is 2.18. The Hall–Kier alpha value is -4.00. The van der Waals surface area contributed by atoms with Gasteiger partial charge in [0.1, 0.15) is 23.3 Å². The van der Waals surface area contributed by atoms with Gasteiger partial charge in [-0.05, 0) is 71.2 Å². The lowest BCUT2D eigenvalue weighted by molar-refractivity contribution is -0.143. The van der Waals surface area contributed by atoms with E-state index in [2.05, 4.69) is 10.7 Å². The minimum Gasteiger partial charge on any atom is -0.444 e. The van der Waals surface area contributed by atoms with Crippen LogP contribution in [0.2, 0.25) is 0 Å². The van der Waals surface area contributed by atoms with E-state index in [0.717, 1.165) is 0 Å². The zero-order chi connectivity index (χ0) is 30.3. The molecule has 0 saturated carbocycles. The maximum atomic E-state index is 13.2. The van der Waals surface area contributed by atoms with Crippen molar-refractivity contribution in [2.45, 2.75) is 77.4 Å². The lowest BCUT2D eigenvalue weighted by Gasteiger charge is -2.27. The monoisotopic (exact) mass is 556 g/mol. The number of carbonyl (C=O) groups is 4. The minimum absolute atomic E-state index is 0.0345. The third-order valence-electron chi connectivity index (χ3n) is 5.11. The van der Waals surface area contributed by atoms with Gasteiger partial charge in [0.2, 0.25) is 0 Å². The number of amides is 4. The normalized spacial score (nSPS) is 13.8. The van der Waals surface area contributed by atoms with E-state index >= 15 is 0 Å². The first-order valence-corrected chi connectivity index (χ1v) is 12.6. The van der Waals surface area contributed by atoms with E-state index in [1.165, 1.54) is 0 Å². The van der Waals surface area contributed by atoms with Crippen LogP contribution < -0.4 is 22.2 Å². The fourth-order valence-electron chi connectivity index (χ4n) is 3.29. The number of rotatable bonds is 7. The Morgan fingerprint density at radius 2 is 1.45 bits per heavy atom. The molecular formula is C28H38N5O7. The molecule has 1 radical (unpaired) electrons. The number of anilines is 1. The largest absolute Gasteiger partial charge is 0.444 e. The number of benzene rings is 2. The molecule has 0 heterocycles. The first-order valence-electron chi connectivity index (χ1n) is 12.6. The number of aliphatic hydroxyl groups is 1. The Bertz CT molecular complexity index is 1170. The summed E-state index contributed by atoms with van der Waals surface area (Å²) >= 11 is 0. The molecule has 0 aliphatic rings. The average Bonchev–Trinajstić information content (AvgIpc) is 2.85. The summed E-state index contributed by atoms with van der Waals surface area (Å²) in [4.78, 5) is 50.8. The molecule has 0 fully saturated rings. The number of aliphatic hydroxyl groups excluding tert-OH is 1. The predicted molar refractivity (Wildman–Crippen MR) is 148 cm³/mol. The molecule has 3 atom stereocenters. The van der Waals surface area contributed by atoms with E-state index in [0.29, 0.717) is 16.8 Å². The fraction of sp³-hybridized carbons (Fsp3) is 0.429. The van der Waals surface area contributed by atoms with Crippen LogP contribution in [0.4, 0.5) is 15.3 Å². The summed E-state index contributed by atoms with van der Waals surface area (Å²) in [5.41, 5.74) is 15.3. The number of nitrogens with zero attached hydrogens (tertiary/aromatic N) is 2. The molecule has 1 unspecified atom stereocenters. The Labute approximate surface area is 234 Å². The molecule has 40 heavy (non-hydrogen) atoms. The number of hydrogen-bond donors (Lipinski definition) is 4. The third-order valence-corrected chi connectivity index (χ3v) is 5.11. The smallest absolute Gasteiger partial charge is 0.438 e. The van der Waals surface area contributed by atoms with Crippen molar-refractivity contribution in [3.63, 3.8) is 0 Å². The van der Waals surface area contributed by atoms with Crippen LogP contribution in [0.5, 0.6) is 0 Å². The number of nitrogens with one attached hydrogen (secondary N) is 1. The third kappa shape index (κ3) is 10.3. The van der Waals surface area contributed by atoms with Crippen molar-refractivity contribution in [1.29, 1.82) is 0 Å². The second-order valence-corrected chi connectivity index (χ2v) is 11.1. The topological polar surface area (TPSA) is 188 Å². The van der Waals surface area contributed by atoms with Gasteiger partial charge in [0.25, 0.3) is 11.8 Å². The molecule has 12 nitrogen and oxygen atoms in total. The van der Waals surface area contributed by atoms with Gasteiger partial charge in [-0.1, -0.05) is 42.5 Å². The van der Waals surface area contributed by atoms with E-state index in [1.54, 1.807) is 96.1 Å². The maximum absolute atomic E-state index is 13.2. The molecule has 0 spiro atoms. The number of hydrogen-bond acceptors (Lipinski definition) is 9. The predicted octanol–water partition coefficient (Wildman–Crippen LogP) is 2.77. The molecule has 2 aromatic rings. The summed E-state index contributed by atoms with van der Waals surface area (Å²) in [5.74, 6) is -2.14. The first kappa shape index (κ1) is 32.2. The molecule has 0 aliphatic heterocycles. The molecule has 4 amide bonds. The van der Waals surface area contributed by atoms with Gasteiger partial charge < -0.3 is 26.0 Å². The minimum atomic E-state index is -1.57. The van der Waals surface area contributed by atoms with Crippen LogP contribution in [0, 0.1) is 0 Å². The van der Waals surface area contributed by atoms with Gasteiger partial charge in [-0.2, -0.15) is 0 Å². The van der Waals surface area contributed by atoms with Crippen molar-refractivity contribution in [2.24, 2.45) is 11.5 Å². The summed E-state index contributed by atoms with van der Waals surface area (Å²) in [6.07, 6.45) is -3.32. The summed E-state index contributed by atoms with van der Waals surface area (Å²) in [7, 11) is 0. The summed E-state index contributed by atoms with van der Waals surface area (Å²) in [5, 5.41) is 13.3. The van der Waals surface area contributed by atoms with Gasteiger partial charge in [-0.25, -0.2) is 9.59 Å². The van der Waals surface area contributed by atoms with Crippen molar-refractivity contribution in [3.05, 3.63) is 65.7 Å². The lowest BCUT2D eigenvalue weighted by Crippen LogP contribution is -2.56. The van der Waals surface area contributed by atoms with Crippen molar-refractivity contribution < 1.29 is 33.8 Å². The highest BCUT2D eigenvalue weighted by Gasteiger charge is 2.36. The lowest BCUT2D eigenvalue weighted by atomic mass is 10.0. The molecular weight excluding hydrogens is 518 g/mol. The summed E-state index contributed by atoms with van der Waals surface area (Å²) in [6, 6.07) is 11.8. The van der Waals surface area contributed by atoms with Crippen LogP contribution in [0.1, 0.15) is 58.8 Å². The van der Waals surface area contributed by atoms with Gasteiger partial charge in [0.15, 0.2) is 0 Å². The Kier molecular flexibility index (Phi) is 10.8. The molecule has 6 N–H and O–H groups in total. The highest BCUT2D eigenvalue weighted by molar-refractivity contribution is 5.97. The highest BCUT2D eigenvalue weighted by atomic mass is 16.6. The van der Waals surface area contributed by atoms with Gasteiger partial charge in [-0.3, -0.25) is 14.9 Å². The molecule has 0 saturated heterocycles. The number of imide groups is 1. The van der Waals surface area contributed by atoms with E-state index in [1.807, 2.05) is 0 Å². The van der Waals surface area contributed by atoms with Crippen molar-refractivity contribution in [1.82, 2.24) is 10.4 Å². The van der Waals surface area contributed by atoms with Crippen molar-refractivity contribution in [3.8, 4) is 0 Å². The molecule has 12 heteroatoms. The van der Waals surface area contributed by atoms with Crippen molar-refractivity contribution in [2.75, 3.05) is 5.32 Å². The van der Waals surface area contributed by atoms with Crippen molar-refractivity contribution >= 4 is 29.7 Å². The number of nitrogens with two attached hydrogens (primary N) is 2. The Morgan fingerprint density at radius 1 is 0.900 bits per heavy atom.